The summed E-state index contributed by atoms with van der Waals surface area (Å²) in [6.07, 6.45) is -0.704. The van der Waals surface area contributed by atoms with E-state index in [9.17, 15) is 8.96 Å². The minimum absolute atomic E-state index is 0.657. The first-order valence-electron chi connectivity index (χ1n) is 1.56. The Morgan fingerprint density at radius 3 is 2.71 bits per heavy atom. The van der Waals surface area contributed by atoms with Gasteiger partial charge >= 0.3 is 8.69 Å². The van der Waals surface area contributed by atoms with E-state index in [-0.39, 0.29) is 0 Å². The molecule has 40 valence electrons. The lowest BCUT2D eigenvalue weighted by molar-refractivity contribution is 0.130. The third-order valence-electron chi connectivity index (χ3n) is 0.329. The molecule has 1 atom stereocenters. The molecule has 0 N–H and O–H groups in total. The van der Waals surface area contributed by atoms with Gasteiger partial charge in [-0.05, 0) is 6.08 Å². The van der Waals surface area contributed by atoms with Gasteiger partial charge in [-0.1, -0.05) is 6.58 Å². The van der Waals surface area contributed by atoms with Crippen molar-refractivity contribution in [1.29, 1.82) is 0 Å². The van der Waals surface area contributed by atoms with Crippen molar-refractivity contribution in [2.24, 2.45) is 0 Å². The van der Waals surface area contributed by atoms with E-state index in [0.717, 1.165) is 6.08 Å². The van der Waals surface area contributed by atoms with Crippen molar-refractivity contribution >= 4 is 8.69 Å². The van der Waals surface area contributed by atoms with Gasteiger partial charge in [0.15, 0.2) is 0 Å². The lowest BCUT2D eigenvalue weighted by Gasteiger charge is -1.89. The average molecular weight is 122 g/mol. The van der Waals surface area contributed by atoms with Crippen LogP contribution < -0.4 is 0 Å². The fraction of sp³-hybridized carbons (Fsp3) is 0.333. The summed E-state index contributed by atoms with van der Waals surface area (Å²) in [5, 5.41) is 0. The van der Waals surface area contributed by atoms with Gasteiger partial charge in [0, 0.05) is 0 Å². The quantitative estimate of drug-likeness (QED) is 0.420. The van der Waals surface area contributed by atoms with Crippen molar-refractivity contribution in [2.75, 3.05) is 0 Å². The van der Waals surface area contributed by atoms with Crippen LogP contribution >= 0.6 is 8.69 Å². The van der Waals surface area contributed by atoms with Crippen LogP contribution in [-0.2, 0) is 9.09 Å². The van der Waals surface area contributed by atoms with Crippen molar-refractivity contribution in [3.63, 3.8) is 0 Å². The van der Waals surface area contributed by atoms with Gasteiger partial charge < -0.3 is 0 Å². The van der Waals surface area contributed by atoms with Crippen LogP contribution in [0, 0.1) is 0 Å². The monoisotopic (exact) mass is 122 g/mol. The molecular formula is C3H4FO2P. The molecule has 0 radical (unpaired) electrons. The number of rotatable bonds is 3. The predicted octanol–water partition coefficient (Wildman–Crippen LogP) is 1.69. The van der Waals surface area contributed by atoms with Crippen LogP contribution in [0.5, 0.6) is 0 Å². The zero-order valence-corrected chi connectivity index (χ0v) is 4.40. The first-order valence-corrected chi connectivity index (χ1v) is 2.29. The van der Waals surface area contributed by atoms with Gasteiger partial charge in [-0.15, -0.1) is 0 Å². The maximum Gasteiger partial charge on any atom is 0.330 e. The number of alkyl halides is 1. The Kier molecular flexibility index (Phi) is 3.75. The van der Waals surface area contributed by atoms with Gasteiger partial charge in [0.05, 0.1) is 0 Å². The van der Waals surface area contributed by atoms with E-state index in [2.05, 4.69) is 11.1 Å². The van der Waals surface area contributed by atoms with E-state index in [4.69, 9.17) is 0 Å². The van der Waals surface area contributed by atoms with E-state index in [1.807, 2.05) is 0 Å². The first kappa shape index (κ1) is 6.73. The lowest BCUT2D eigenvalue weighted by atomic mass is 10.7. The van der Waals surface area contributed by atoms with Gasteiger partial charge in [0.2, 0.25) is 6.36 Å². The van der Waals surface area contributed by atoms with Crippen molar-refractivity contribution in [1.82, 2.24) is 0 Å². The summed E-state index contributed by atoms with van der Waals surface area (Å²) < 4.78 is 24.8. The average Bonchev–Trinajstić information content (AvgIpc) is 1.68. The van der Waals surface area contributed by atoms with Crippen LogP contribution in [-0.4, -0.2) is 6.36 Å². The van der Waals surface area contributed by atoms with E-state index < -0.39 is 15.0 Å². The highest BCUT2D eigenvalue weighted by Crippen LogP contribution is 2.03. The minimum atomic E-state index is -1.61. The van der Waals surface area contributed by atoms with Gasteiger partial charge in [0.25, 0.3) is 0 Å². The third-order valence-corrected chi connectivity index (χ3v) is 0.617. The van der Waals surface area contributed by atoms with E-state index in [1.54, 1.807) is 0 Å². The molecule has 2 nitrogen and oxygen atoms in total. The summed E-state index contributed by atoms with van der Waals surface area (Å²) in [5.41, 5.74) is 0. The van der Waals surface area contributed by atoms with Gasteiger partial charge in [-0.2, -0.15) is 0 Å². The Morgan fingerprint density at radius 2 is 2.57 bits per heavy atom. The molecule has 0 aliphatic heterocycles. The molecular weight excluding hydrogens is 118 g/mol. The largest absolute Gasteiger partial charge is 0.330 e. The van der Waals surface area contributed by atoms with E-state index in [1.165, 1.54) is 0 Å². The van der Waals surface area contributed by atoms with E-state index in [0.29, 0.717) is 0 Å². The molecule has 1 unspecified atom stereocenters. The molecule has 0 heterocycles. The van der Waals surface area contributed by atoms with Crippen molar-refractivity contribution in [2.45, 2.75) is 6.36 Å². The maximum atomic E-state index is 11.6. The second kappa shape index (κ2) is 3.90. The first-order chi connectivity index (χ1) is 3.31. The molecule has 0 aromatic rings. The molecule has 0 aliphatic carbocycles. The van der Waals surface area contributed by atoms with Crippen LogP contribution in [0.25, 0.3) is 0 Å². The highest BCUT2D eigenvalue weighted by Gasteiger charge is 1.95. The summed E-state index contributed by atoms with van der Waals surface area (Å²) in [6, 6.07) is 0. The van der Waals surface area contributed by atoms with Crippen molar-refractivity contribution in [3.05, 3.63) is 12.7 Å². The Morgan fingerprint density at radius 1 is 2.00 bits per heavy atom. The zero-order chi connectivity index (χ0) is 5.70. The van der Waals surface area contributed by atoms with Crippen molar-refractivity contribution in [3.8, 4) is 0 Å². The summed E-state index contributed by atoms with van der Waals surface area (Å²) in [5.74, 6) is 0. The van der Waals surface area contributed by atoms with Crippen LogP contribution in [0.2, 0.25) is 0 Å². The Balaban J connectivity index is 3.15. The summed E-state index contributed by atoms with van der Waals surface area (Å²) in [7, 11) is -0.657. The summed E-state index contributed by atoms with van der Waals surface area (Å²) >= 11 is 0. The van der Waals surface area contributed by atoms with Crippen LogP contribution in [0.1, 0.15) is 0 Å². The van der Waals surface area contributed by atoms with Crippen LogP contribution in [0.15, 0.2) is 12.7 Å². The number of hydrogen-bond acceptors (Lipinski definition) is 2. The Hall–Kier alpha value is -0.270. The molecule has 0 spiro atoms. The molecule has 0 saturated carbocycles. The van der Waals surface area contributed by atoms with Crippen molar-refractivity contribution < 1.29 is 13.5 Å². The second-order valence-electron chi connectivity index (χ2n) is 0.767. The smallest absolute Gasteiger partial charge is 0.254 e. The van der Waals surface area contributed by atoms with E-state index >= 15 is 0 Å². The molecule has 4 heteroatoms. The molecule has 0 rings (SSSR count). The molecule has 7 heavy (non-hydrogen) atoms. The van der Waals surface area contributed by atoms with Gasteiger partial charge in [-0.3, -0.25) is 4.52 Å². The number of hydrogen-bond donors (Lipinski definition) is 0. The Labute approximate surface area is 42.3 Å². The van der Waals surface area contributed by atoms with Gasteiger partial charge in [-0.25, -0.2) is 8.96 Å². The predicted molar refractivity (Wildman–Crippen MR) is 23.8 cm³/mol. The fourth-order valence-electron chi connectivity index (χ4n) is 0.0841. The molecule has 0 aliphatic rings. The normalized spacial score (nSPS) is 13.9. The minimum Gasteiger partial charge on any atom is -0.254 e. The summed E-state index contributed by atoms with van der Waals surface area (Å²) in [6.45, 7) is 3.04. The zero-order valence-electron chi connectivity index (χ0n) is 3.50. The summed E-state index contributed by atoms with van der Waals surface area (Å²) in [4.78, 5) is 0. The second-order valence-corrected chi connectivity index (χ2v) is 1.13. The highest BCUT2D eigenvalue weighted by atomic mass is 31.1. The lowest BCUT2D eigenvalue weighted by Crippen LogP contribution is -1.89. The third kappa shape index (κ3) is 3.56. The standard InChI is InChI=1S/C3H4FO2P/c1-2-3(4)6-7-5/h2-3H,1H2. The topological polar surface area (TPSA) is 26.3 Å². The highest BCUT2D eigenvalue weighted by molar-refractivity contribution is 7.17. The molecule has 0 aromatic carbocycles. The van der Waals surface area contributed by atoms with Gasteiger partial charge in [0.1, 0.15) is 0 Å². The maximum absolute atomic E-state index is 11.6. The van der Waals surface area contributed by atoms with Crippen LogP contribution in [0.3, 0.4) is 0 Å². The molecule has 0 aromatic heterocycles. The molecule has 0 saturated heterocycles. The van der Waals surface area contributed by atoms with Crippen LogP contribution in [0.4, 0.5) is 4.39 Å². The molecule has 0 amide bonds. The SMILES string of the molecule is C=CC(F)OP=O. The molecule has 0 fully saturated rings. The number of halogens is 1. The molecule has 0 bridgehead atoms. The fourth-order valence-corrected chi connectivity index (χ4v) is 0.252. The Bertz CT molecular complexity index is 75.3.